The highest BCUT2D eigenvalue weighted by Gasteiger charge is 2.18. The van der Waals surface area contributed by atoms with Crippen molar-refractivity contribution >= 4 is 16.8 Å². The summed E-state index contributed by atoms with van der Waals surface area (Å²) >= 11 is 0. The molecule has 1 atom stereocenters. The van der Waals surface area contributed by atoms with Gasteiger partial charge in [-0.1, -0.05) is 42.5 Å². The van der Waals surface area contributed by atoms with E-state index in [2.05, 4.69) is 51.6 Å². The van der Waals surface area contributed by atoms with Gasteiger partial charge in [-0.05, 0) is 41.5 Å². The number of aromatic nitrogens is 1. The quantitative estimate of drug-likeness (QED) is 0.593. The van der Waals surface area contributed by atoms with Crippen molar-refractivity contribution in [2.24, 2.45) is 0 Å². The second kappa shape index (κ2) is 8.59. The van der Waals surface area contributed by atoms with Crippen LogP contribution in [-0.2, 0) is 24.2 Å². The smallest absolute Gasteiger partial charge is 0.220 e. The summed E-state index contributed by atoms with van der Waals surface area (Å²) in [5.74, 6) is -0.0262. The van der Waals surface area contributed by atoms with Crippen molar-refractivity contribution in [3.63, 3.8) is 0 Å². The number of aliphatic hydroxyl groups is 1. The van der Waals surface area contributed by atoms with E-state index in [1.54, 1.807) is 0 Å². The molecule has 146 valence electrons. The number of fused-ring (bicyclic) bond motifs is 2. The fourth-order valence-corrected chi connectivity index (χ4v) is 3.91. The minimum absolute atomic E-state index is 0.0262. The zero-order valence-electron chi connectivity index (χ0n) is 16.0. The second-order valence-corrected chi connectivity index (χ2v) is 7.59. The number of β-amino-alcohol motifs (C(OH)–C–C–N with tert-alkyl or cyclic N) is 1. The predicted molar refractivity (Wildman–Crippen MR) is 111 cm³/mol. The fourth-order valence-electron chi connectivity index (χ4n) is 3.91. The lowest BCUT2D eigenvalue weighted by molar-refractivity contribution is -0.121. The van der Waals surface area contributed by atoms with Gasteiger partial charge in [0.05, 0.1) is 6.10 Å². The Labute approximate surface area is 165 Å². The molecule has 3 N–H and O–H groups in total. The minimum Gasteiger partial charge on any atom is -0.390 e. The van der Waals surface area contributed by atoms with E-state index in [1.165, 1.54) is 11.1 Å². The lowest BCUT2D eigenvalue weighted by Gasteiger charge is -2.30. The first kappa shape index (κ1) is 18.7. The molecule has 0 aliphatic carbocycles. The van der Waals surface area contributed by atoms with Crippen LogP contribution in [0.3, 0.4) is 0 Å². The third-order valence-electron chi connectivity index (χ3n) is 5.42. The molecule has 0 radical (unpaired) electrons. The summed E-state index contributed by atoms with van der Waals surface area (Å²) in [6.07, 6.45) is 1.54. The molecule has 5 nitrogen and oxygen atoms in total. The number of amides is 1. The van der Waals surface area contributed by atoms with Crippen LogP contribution in [0.15, 0.2) is 54.6 Å². The Balaban J connectivity index is 1.19. The first-order valence-corrected chi connectivity index (χ1v) is 9.98. The molecule has 1 unspecified atom stereocenters. The summed E-state index contributed by atoms with van der Waals surface area (Å²) in [5, 5.41) is 14.3. The van der Waals surface area contributed by atoms with Crippen LogP contribution in [-0.4, -0.2) is 46.6 Å². The maximum atomic E-state index is 12.1. The molecule has 4 rings (SSSR count). The van der Waals surface area contributed by atoms with Gasteiger partial charge in [0.15, 0.2) is 0 Å². The first-order chi connectivity index (χ1) is 13.7. The highest BCUT2D eigenvalue weighted by molar-refractivity contribution is 5.81. The molecule has 28 heavy (non-hydrogen) atoms. The fraction of sp³-hybridized carbons (Fsp3) is 0.348. The van der Waals surface area contributed by atoms with Crippen LogP contribution in [0, 0.1) is 0 Å². The van der Waals surface area contributed by atoms with E-state index in [0.717, 1.165) is 36.1 Å². The maximum Gasteiger partial charge on any atom is 0.220 e. The Bertz CT molecular complexity index is 917. The molecular weight excluding hydrogens is 350 g/mol. The molecular formula is C23H27N3O2. The van der Waals surface area contributed by atoms with Crippen LogP contribution in [0.1, 0.15) is 23.2 Å². The van der Waals surface area contributed by atoms with Gasteiger partial charge in [0, 0.05) is 43.8 Å². The summed E-state index contributed by atoms with van der Waals surface area (Å²) in [7, 11) is 0. The molecule has 2 heterocycles. The van der Waals surface area contributed by atoms with E-state index < -0.39 is 6.10 Å². The van der Waals surface area contributed by atoms with Crippen molar-refractivity contribution in [1.82, 2.24) is 15.2 Å². The Morgan fingerprint density at radius 2 is 1.93 bits per heavy atom. The third-order valence-corrected chi connectivity index (χ3v) is 5.42. The van der Waals surface area contributed by atoms with Crippen LogP contribution < -0.4 is 5.32 Å². The average molecular weight is 377 g/mol. The summed E-state index contributed by atoms with van der Waals surface area (Å²) in [5.41, 5.74) is 4.89. The number of carbonyl (C=O) groups excluding carboxylic acids is 1. The van der Waals surface area contributed by atoms with E-state index in [1.807, 2.05) is 18.2 Å². The van der Waals surface area contributed by atoms with Crippen LogP contribution >= 0.6 is 0 Å². The van der Waals surface area contributed by atoms with Gasteiger partial charge < -0.3 is 15.4 Å². The largest absolute Gasteiger partial charge is 0.390 e. The Morgan fingerprint density at radius 1 is 1.14 bits per heavy atom. The molecule has 1 aromatic heterocycles. The van der Waals surface area contributed by atoms with E-state index in [-0.39, 0.29) is 5.91 Å². The predicted octanol–water partition coefficient (Wildman–Crippen LogP) is 2.64. The van der Waals surface area contributed by atoms with Crippen molar-refractivity contribution < 1.29 is 9.90 Å². The zero-order valence-corrected chi connectivity index (χ0v) is 16.0. The van der Waals surface area contributed by atoms with Gasteiger partial charge >= 0.3 is 0 Å². The van der Waals surface area contributed by atoms with Gasteiger partial charge in [-0.25, -0.2) is 0 Å². The molecule has 1 amide bonds. The van der Waals surface area contributed by atoms with Gasteiger partial charge in [0.1, 0.15) is 0 Å². The lowest BCUT2D eigenvalue weighted by Crippen LogP contribution is -2.42. The van der Waals surface area contributed by atoms with E-state index >= 15 is 0 Å². The number of hydrogen-bond donors (Lipinski definition) is 3. The van der Waals surface area contributed by atoms with Crippen molar-refractivity contribution in [2.45, 2.75) is 31.9 Å². The number of aromatic amines is 1. The Hall–Kier alpha value is -2.63. The number of carbonyl (C=O) groups is 1. The number of para-hydroxylation sites is 1. The summed E-state index contributed by atoms with van der Waals surface area (Å²) in [6, 6.07) is 18.7. The minimum atomic E-state index is -0.553. The number of rotatable bonds is 7. The number of aryl methyl sites for hydroxylation is 1. The summed E-state index contributed by atoms with van der Waals surface area (Å²) < 4.78 is 0. The molecule has 0 saturated carbocycles. The maximum absolute atomic E-state index is 12.1. The molecule has 0 saturated heterocycles. The topological polar surface area (TPSA) is 68.4 Å². The standard InChI is InChI=1S/C23H27N3O2/c27-21(16-26-12-11-17-5-1-2-7-19(17)15-26)14-24-23(28)10-9-20-13-18-6-3-4-8-22(18)25-20/h1-8,13,21,25,27H,9-12,14-16H2,(H,24,28). The molecule has 0 spiro atoms. The molecule has 5 heteroatoms. The number of H-pyrrole nitrogens is 1. The summed E-state index contributed by atoms with van der Waals surface area (Å²) in [6.45, 7) is 2.68. The molecule has 1 aliphatic heterocycles. The molecule has 0 fully saturated rings. The van der Waals surface area contributed by atoms with Crippen molar-refractivity contribution in [3.05, 3.63) is 71.4 Å². The second-order valence-electron chi connectivity index (χ2n) is 7.59. The highest BCUT2D eigenvalue weighted by atomic mass is 16.3. The van der Waals surface area contributed by atoms with Gasteiger partial charge in [-0.3, -0.25) is 9.69 Å². The SMILES string of the molecule is O=C(CCc1cc2ccccc2[nH]1)NCC(O)CN1CCc2ccccc2C1. The lowest BCUT2D eigenvalue weighted by atomic mass is 10.00. The van der Waals surface area contributed by atoms with Crippen LogP contribution in [0.25, 0.3) is 10.9 Å². The zero-order chi connectivity index (χ0) is 19.3. The van der Waals surface area contributed by atoms with Crippen LogP contribution in [0.5, 0.6) is 0 Å². The van der Waals surface area contributed by atoms with Crippen molar-refractivity contribution in [2.75, 3.05) is 19.6 Å². The number of nitrogens with zero attached hydrogens (tertiary/aromatic N) is 1. The number of benzene rings is 2. The molecule has 3 aromatic rings. The van der Waals surface area contributed by atoms with Gasteiger partial charge in [0.2, 0.25) is 5.91 Å². The monoisotopic (exact) mass is 377 g/mol. The van der Waals surface area contributed by atoms with E-state index in [9.17, 15) is 9.90 Å². The number of aliphatic hydroxyl groups excluding tert-OH is 1. The van der Waals surface area contributed by atoms with Gasteiger partial charge in [-0.15, -0.1) is 0 Å². The molecule has 2 aromatic carbocycles. The van der Waals surface area contributed by atoms with Gasteiger partial charge in [-0.2, -0.15) is 0 Å². The first-order valence-electron chi connectivity index (χ1n) is 9.98. The van der Waals surface area contributed by atoms with E-state index in [4.69, 9.17) is 0 Å². The average Bonchev–Trinajstić information content (AvgIpc) is 3.14. The van der Waals surface area contributed by atoms with Crippen LogP contribution in [0.4, 0.5) is 0 Å². The summed E-state index contributed by atoms with van der Waals surface area (Å²) in [4.78, 5) is 17.7. The normalized spacial score (nSPS) is 15.3. The van der Waals surface area contributed by atoms with E-state index in [0.29, 0.717) is 25.9 Å². The molecule has 0 bridgehead atoms. The molecule has 1 aliphatic rings. The van der Waals surface area contributed by atoms with Crippen molar-refractivity contribution in [1.29, 1.82) is 0 Å². The Kier molecular flexibility index (Phi) is 5.74. The highest BCUT2D eigenvalue weighted by Crippen LogP contribution is 2.18. The van der Waals surface area contributed by atoms with Crippen molar-refractivity contribution in [3.8, 4) is 0 Å². The number of nitrogens with one attached hydrogen (secondary N) is 2. The number of hydrogen-bond acceptors (Lipinski definition) is 3. The van der Waals surface area contributed by atoms with Crippen LogP contribution in [0.2, 0.25) is 0 Å². The Morgan fingerprint density at radius 3 is 2.79 bits per heavy atom. The third kappa shape index (κ3) is 4.61. The van der Waals surface area contributed by atoms with Gasteiger partial charge in [0.25, 0.3) is 0 Å².